The average Bonchev–Trinajstić information content (AvgIpc) is 3.21. The van der Waals surface area contributed by atoms with Crippen LogP contribution in [0.3, 0.4) is 0 Å². The van der Waals surface area contributed by atoms with Crippen molar-refractivity contribution in [1.82, 2.24) is 15.3 Å². The number of carbonyl (C=O) groups excluding carboxylic acids is 2. The second kappa shape index (κ2) is 9.22. The van der Waals surface area contributed by atoms with Gasteiger partial charge in [-0.25, -0.2) is 14.4 Å². The van der Waals surface area contributed by atoms with Crippen molar-refractivity contribution in [3.63, 3.8) is 0 Å². The van der Waals surface area contributed by atoms with Gasteiger partial charge in [-0.3, -0.25) is 9.59 Å². The van der Waals surface area contributed by atoms with Crippen molar-refractivity contribution in [2.45, 2.75) is 25.4 Å². The summed E-state index contributed by atoms with van der Waals surface area (Å²) >= 11 is 6.39. The van der Waals surface area contributed by atoms with Gasteiger partial charge in [0, 0.05) is 48.3 Å². The molecule has 158 valence electrons. The van der Waals surface area contributed by atoms with Gasteiger partial charge in [0.1, 0.15) is 24.0 Å². The number of Topliss-reactive ketones (excluding diaryl/α,β-unsaturated/α-hetero) is 1. The lowest BCUT2D eigenvalue weighted by Crippen LogP contribution is -2.34. The lowest BCUT2D eigenvalue weighted by molar-refractivity contribution is -0.121. The van der Waals surface area contributed by atoms with E-state index in [1.807, 2.05) is 6.07 Å². The first-order chi connectivity index (χ1) is 15.0. The summed E-state index contributed by atoms with van der Waals surface area (Å²) in [5.74, 6) is -0.240. The molecule has 0 fully saturated rings. The lowest BCUT2D eigenvalue weighted by atomic mass is 10.0. The maximum Gasteiger partial charge on any atom is 0.220 e. The third kappa shape index (κ3) is 5.06. The summed E-state index contributed by atoms with van der Waals surface area (Å²) in [4.78, 5) is 32.3. The van der Waals surface area contributed by atoms with Gasteiger partial charge in [0.2, 0.25) is 5.91 Å². The Morgan fingerprint density at radius 2 is 1.84 bits per heavy atom. The molecule has 0 bridgehead atoms. The zero-order valence-electron chi connectivity index (χ0n) is 16.5. The topological polar surface area (TPSA) is 81.2 Å². The smallest absolute Gasteiger partial charge is 0.220 e. The zero-order valence-corrected chi connectivity index (χ0v) is 17.2. The lowest BCUT2D eigenvalue weighted by Gasteiger charge is -2.12. The third-order valence-corrected chi connectivity index (χ3v) is 5.30. The van der Waals surface area contributed by atoms with Crippen LogP contribution in [0.4, 0.5) is 4.39 Å². The molecule has 1 amide bonds. The van der Waals surface area contributed by atoms with Crippen LogP contribution in [-0.2, 0) is 11.2 Å². The highest BCUT2D eigenvalue weighted by Gasteiger charge is 2.26. The molecule has 0 aliphatic carbocycles. The molecule has 1 aromatic heterocycles. The van der Waals surface area contributed by atoms with Gasteiger partial charge < -0.3 is 10.1 Å². The molecule has 1 atom stereocenters. The summed E-state index contributed by atoms with van der Waals surface area (Å²) in [6.07, 6.45) is 5.36. The molecule has 1 aliphatic heterocycles. The predicted molar refractivity (Wildman–Crippen MR) is 114 cm³/mol. The number of benzene rings is 2. The van der Waals surface area contributed by atoms with E-state index in [9.17, 15) is 14.0 Å². The van der Waals surface area contributed by atoms with E-state index >= 15 is 0 Å². The third-order valence-electron chi connectivity index (χ3n) is 5.02. The molecule has 2 heterocycles. The fourth-order valence-corrected chi connectivity index (χ4v) is 3.72. The molecule has 1 N–H and O–H groups in total. The summed E-state index contributed by atoms with van der Waals surface area (Å²) in [7, 11) is 0. The molecule has 3 aromatic rings. The Hall–Kier alpha value is -3.32. The Morgan fingerprint density at radius 1 is 1.10 bits per heavy atom. The number of hydrogen-bond acceptors (Lipinski definition) is 5. The van der Waals surface area contributed by atoms with Crippen LogP contribution in [0.5, 0.6) is 5.75 Å². The maximum absolute atomic E-state index is 12.9. The molecular weight excluding hydrogens is 421 g/mol. The van der Waals surface area contributed by atoms with Crippen molar-refractivity contribution < 1.29 is 18.7 Å². The standard InChI is InChI=1S/C23H19ClFN3O3/c24-20-9-15(17-10-26-13-27-11-17)7-16-8-19(31-23(16)20)12-28-22(30)6-5-21(29)14-1-3-18(25)4-2-14/h1-4,7,9-11,13,19H,5-6,8,12H2,(H,28,30)/t19-/m0/s1. The van der Waals surface area contributed by atoms with Crippen molar-refractivity contribution in [1.29, 1.82) is 0 Å². The second-order valence-electron chi connectivity index (χ2n) is 7.25. The molecule has 1 aliphatic rings. The number of nitrogens with zero attached hydrogens (tertiary/aromatic N) is 2. The summed E-state index contributed by atoms with van der Waals surface area (Å²) in [5, 5.41) is 3.30. The number of ether oxygens (including phenoxy) is 1. The molecule has 6 nitrogen and oxygen atoms in total. The molecule has 8 heteroatoms. The summed E-state index contributed by atoms with van der Waals surface area (Å²) in [6, 6.07) is 9.08. The van der Waals surface area contributed by atoms with Crippen LogP contribution in [0, 0.1) is 5.82 Å². The van der Waals surface area contributed by atoms with Crippen LogP contribution in [0.15, 0.2) is 55.1 Å². The fourth-order valence-electron chi connectivity index (χ4n) is 3.44. The van der Waals surface area contributed by atoms with E-state index in [1.54, 1.807) is 18.5 Å². The van der Waals surface area contributed by atoms with Gasteiger partial charge in [0.05, 0.1) is 11.6 Å². The molecule has 2 aromatic carbocycles. The van der Waals surface area contributed by atoms with Crippen molar-refractivity contribution in [2.24, 2.45) is 0 Å². The van der Waals surface area contributed by atoms with E-state index in [-0.39, 0.29) is 30.6 Å². The summed E-state index contributed by atoms with van der Waals surface area (Å²) in [5.41, 5.74) is 3.10. The number of hydrogen-bond donors (Lipinski definition) is 1. The number of carbonyl (C=O) groups is 2. The van der Waals surface area contributed by atoms with E-state index in [0.717, 1.165) is 16.7 Å². The molecule has 4 rings (SSSR count). The van der Waals surface area contributed by atoms with Crippen LogP contribution >= 0.6 is 11.6 Å². The minimum absolute atomic E-state index is 0.0504. The van der Waals surface area contributed by atoms with Crippen LogP contribution in [0.2, 0.25) is 5.02 Å². The van der Waals surface area contributed by atoms with E-state index in [0.29, 0.717) is 29.3 Å². The fraction of sp³-hybridized carbons (Fsp3) is 0.217. The zero-order chi connectivity index (χ0) is 21.8. The number of fused-ring (bicyclic) bond motifs is 1. The van der Waals surface area contributed by atoms with Gasteiger partial charge in [-0.2, -0.15) is 0 Å². The molecule has 0 unspecified atom stereocenters. The van der Waals surface area contributed by atoms with Crippen molar-refractivity contribution >= 4 is 23.3 Å². The van der Waals surface area contributed by atoms with Gasteiger partial charge in [-0.15, -0.1) is 0 Å². The van der Waals surface area contributed by atoms with E-state index in [4.69, 9.17) is 16.3 Å². The van der Waals surface area contributed by atoms with Crippen LogP contribution in [0.25, 0.3) is 11.1 Å². The van der Waals surface area contributed by atoms with Gasteiger partial charge >= 0.3 is 0 Å². The molecule has 0 radical (unpaired) electrons. The molecule has 0 saturated carbocycles. The number of rotatable bonds is 7. The average molecular weight is 440 g/mol. The van der Waals surface area contributed by atoms with Crippen LogP contribution in [0.1, 0.15) is 28.8 Å². The van der Waals surface area contributed by atoms with E-state index in [1.165, 1.54) is 30.6 Å². The number of amides is 1. The minimum Gasteiger partial charge on any atom is -0.486 e. The highest BCUT2D eigenvalue weighted by molar-refractivity contribution is 6.32. The first kappa shape index (κ1) is 20.9. The van der Waals surface area contributed by atoms with Crippen molar-refractivity contribution in [3.05, 3.63) is 77.1 Å². The normalized spacial score (nSPS) is 14.6. The Bertz CT molecular complexity index is 1110. The number of aromatic nitrogens is 2. The molecule has 31 heavy (non-hydrogen) atoms. The van der Waals surface area contributed by atoms with Gasteiger partial charge in [0.15, 0.2) is 5.78 Å². The Balaban J connectivity index is 1.29. The van der Waals surface area contributed by atoms with Crippen molar-refractivity contribution in [3.8, 4) is 16.9 Å². The predicted octanol–water partition coefficient (Wildman–Crippen LogP) is 4.02. The number of nitrogens with one attached hydrogen (secondary N) is 1. The summed E-state index contributed by atoms with van der Waals surface area (Å²) < 4.78 is 18.8. The van der Waals surface area contributed by atoms with Crippen LogP contribution < -0.4 is 10.1 Å². The Labute approximate surface area is 183 Å². The van der Waals surface area contributed by atoms with Crippen LogP contribution in [-0.4, -0.2) is 34.3 Å². The molecular formula is C23H19ClFN3O3. The largest absolute Gasteiger partial charge is 0.486 e. The minimum atomic E-state index is -0.406. The highest BCUT2D eigenvalue weighted by atomic mass is 35.5. The molecule has 0 saturated heterocycles. The Morgan fingerprint density at radius 3 is 2.58 bits per heavy atom. The van der Waals surface area contributed by atoms with Gasteiger partial charge in [0.25, 0.3) is 0 Å². The highest BCUT2D eigenvalue weighted by Crippen LogP contribution is 2.39. The first-order valence-corrected chi connectivity index (χ1v) is 10.2. The second-order valence-corrected chi connectivity index (χ2v) is 7.66. The maximum atomic E-state index is 12.9. The van der Waals surface area contributed by atoms with Gasteiger partial charge in [-0.1, -0.05) is 11.6 Å². The monoisotopic (exact) mass is 439 g/mol. The van der Waals surface area contributed by atoms with E-state index < -0.39 is 5.82 Å². The quantitative estimate of drug-likeness (QED) is 0.562. The number of halogens is 2. The van der Waals surface area contributed by atoms with Crippen molar-refractivity contribution in [2.75, 3.05) is 6.54 Å². The SMILES string of the molecule is O=C(CCC(=O)c1ccc(F)cc1)NC[C@@H]1Cc2cc(-c3cncnc3)cc(Cl)c2O1. The first-order valence-electron chi connectivity index (χ1n) is 9.79. The molecule has 0 spiro atoms. The number of ketones is 1. The van der Waals surface area contributed by atoms with E-state index in [2.05, 4.69) is 15.3 Å². The van der Waals surface area contributed by atoms with Gasteiger partial charge in [-0.05, 0) is 42.0 Å². The summed E-state index contributed by atoms with van der Waals surface area (Å²) in [6.45, 7) is 0.304. The Kier molecular flexibility index (Phi) is 6.23.